The van der Waals surface area contributed by atoms with E-state index in [1.807, 2.05) is 17.0 Å². The molecule has 11 heteroatoms. The fraction of sp³-hybridized carbons (Fsp3) is 0.238. The first-order valence-corrected chi connectivity index (χ1v) is 12.8. The summed E-state index contributed by atoms with van der Waals surface area (Å²) >= 11 is 13.0. The summed E-state index contributed by atoms with van der Waals surface area (Å²) in [5, 5.41) is 3.77. The highest BCUT2D eigenvalue weighted by atomic mass is 35.5. The highest BCUT2D eigenvalue weighted by Gasteiger charge is 2.30. The van der Waals surface area contributed by atoms with Crippen LogP contribution in [0.15, 0.2) is 58.8 Å². The quantitative estimate of drug-likeness (QED) is 0.508. The van der Waals surface area contributed by atoms with Crippen molar-refractivity contribution in [2.75, 3.05) is 31.1 Å². The number of amides is 1. The third-order valence-electron chi connectivity index (χ3n) is 5.02. The molecule has 0 aliphatic carbocycles. The van der Waals surface area contributed by atoms with Crippen LogP contribution in [0.4, 0.5) is 5.82 Å². The summed E-state index contributed by atoms with van der Waals surface area (Å²) in [7, 11) is -3.60. The van der Waals surface area contributed by atoms with Gasteiger partial charge in [-0.05, 0) is 48.5 Å². The van der Waals surface area contributed by atoms with Crippen molar-refractivity contribution < 1.29 is 13.2 Å². The lowest BCUT2D eigenvalue weighted by atomic mass is 10.2. The SMILES string of the molecule is O=C(NCc1ccc(S(=O)(=O)N2CCN(c3cccc(Cl)n3)CC2)s1)c1ccc(Cl)cc1. The number of sulfonamides is 1. The van der Waals surface area contributed by atoms with E-state index in [1.165, 1.54) is 4.31 Å². The van der Waals surface area contributed by atoms with Crippen molar-refractivity contribution in [3.05, 3.63) is 75.2 Å². The van der Waals surface area contributed by atoms with E-state index in [9.17, 15) is 13.2 Å². The van der Waals surface area contributed by atoms with Gasteiger partial charge < -0.3 is 10.2 Å². The summed E-state index contributed by atoms with van der Waals surface area (Å²) < 4.78 is 27.9. The second-order valence-corrected chi connectivity index (χ2v) is 11.3. The number of nitrogens with zero attached hydrogens (tertiary/aromatic N) is 3. The topological polar surface area (TPSA) is 82.6 Å². The maximum absolute atomic E-state index is 13.1. The maximum Gasteiger partial charge on any atom is 0.252 e. The second kappa shape index (κ2) is 9.76. The number of carbonyl (C=O) groups is 1. The molecule has 3 heterocycles. The van der Waals surface area contributed by atoms with E-state index in [2.05, 4.69) is 10.3 Å². The lowest BCUT2D eigenvalue weighted by molar-refractivity contribution is 0.0951. The van der Waals surface area contributed by atoms with E-state index < -0.39 is 10.0 Å². The van der Waals surface area contributed by atoms with Gasteiger partial charge in [0.05, 0.1) is 6.54 Å². The van der Waals surface area contributed by atoms with Gasteiger partial charge in [0.15, 0.2) is 0 Å². The zero-order chi connectivity index (χ0) is 22.7. The fourth-order valence-corrected chi connectivity index (χ4v) is 6.48. The summed E-state index contributed by atoms with van der Waals surface area (Å²) in [6, 6.07) is 15.3. The number of benzene rings is 1. The molecule has 0 saturated carbocycles. The lowest BCUT2D eigenvalue weighted by Crippen LogP contribution is -2.48. The Balaban J connectivity index is 1.36. The van der Waals surface area contributed by atoms with Crippen LogP contribution in [-0.2, 0) is 16.6 Å². The number of thiophene rings is 1. The van der Waals surface area contributed by atoms with Gasteiger partial charge in [0.1, 0.15) is 15.2 Å². The molecule has 168 valence electrons. The Morgan fingerprint density at radius 1 is 1.00 bits per heavy atom. The van der Waals surface area contributed by atoms with Crippen LogP contribution in [0.25, 0.3) is 0 Å². The van der Waals surface area contributed by atoms with Crippen LogP contribution >= 0.6 is 34.5 Å². The van der Waals surface area contributed by atoms with Gasteiger partial charge in [-0.1, -0.05) is 29.3 Å². The summed E-state index contributed by atoms with van der Waals surface area (Å²) in [5.74, 6) is 0.495. The molecule has 1 saturated heterocycles. The van der Waals surface area contributed by atoms with Gasteiger partial charge in [0.2, 0.25) is 0 Å². The molecule has 0 atom stereocenters. The summed E-state index contributed by atoms with van der Waals surface area (Å²) in [6.07, 6.45) is 0. The van der Waals surface area contributed by atoms with Gasteiger partial charge >= 0.3 is 0 Å². The van der Waals surface area contributed by atoms with Gasteiger partial charge in [-0.2, -0.15) is 4.31 Å². The summed E-state index contributed by atoms with van der Waals surface area (Å²) in [6.45, 7) is 2.02. The number of nitrogens with one attached hydrogen (secondary N) is 1. The molecule has 1 aromatic carbocycles. The molecule has 0 radical (unpaired) electrons. The first-order valence-electron chi connectivity index (χ1n) is 9.83. The number of piperazine rings is 1. The van der Waals surface area contributed by atoms with Crippen LogP contribution in [0.1, 0.15) is 15.2 Å². The Morgan fingerprint density at radius 3 is 2.41 bits per heavy atom. The van der Waals surface area contributed by atoms with E-state index in [4.69, 9.17) is 23.2 Å². The standard InChI is InChI=1S/C21H20Cl2N4O3S2/c22-16-6-4-15(5-7-16)21(28)24-14-17-8-9-20(31-17)32(29,30)27-12-10-26(11-13-27)19-3-1-2-18(23)25-19/h1-9H,10-14H2,(H,24,28). The van der Waals surface area contributed by atoms with Crippen LogP contribution in [0.2, 0.25) is 10.2 Å². The molecular weight excluding hydrogens is 491 g/mol. The monoisotopic (exact) mass is 510 g/mol. The van der Waals surface area contributed by atoms with Crippen molar-refractivity contribution in [3.8, 4) is 0 Å². The summed E-state index contributed by atoms with van der Waals surface area (Å²) in [4.78, 5) is 19.3. The zero-order valence-electron chi connectivity index (χ0n) is 16.9. The number of carbonyl (C=O) groups excluding carboxylic acids is 1. The number of halogens is 2. The third kappa shape index (κ3) is 5.24. The van der Waals surface area contributed by atoms with Gasteiger partial charge in [0, 0.05) is 41.6 Å². The third-order valence-corrected chi connectivity index (χ3v) is 8.94. The predicted molar refractivity (Wildman–Crippen MR) is 127 cm³/mol. The Bertz CT molecular complexity index is 1210. The minimum Gasteiger partial charge on any atom is -0.354 e. The molecule has 2 aromatic heterocycles. The van der Waals surface area contributed by atoms with Gasteiger partial charge in [-0.25, -0.2) is 13.4 Å². The van der Waals surface area contributed by atoms with E-state index in [-0.39, 0.29) is 16.7 Å². The molecule has 1 aliphatic rings. The molecule has 7 nitrogen and oxygen atoms in total. The number of rotatable bonds is 6. The fourth-order valence-electron chi connectivity index (χ4n) is 3.32. The number of hydrogen-bond acceptors (Lipinski definition) is 6. The molecule has 4 rings (SSSR count). The number of anilines is 1. The zero-order valence-corrected chi connectivity index (χ0v) is 20.0. The van der Waals surface area contributed by atoms with Crippen LogP contribution in [0.5, 0.6) is 0 Å². The van der Waals surface area contributed by atoms with Gasteiger partial charge in [-0.15, -0.1) is 11.3 Å². The highest BCUT2D eigenvalue weighted by Crippen LogP contribution is 2.27. The molecular formula is C21H20Cl2N4O3S2. The molecule has 0 bridgehead atoms. The van der Waals surface area contributed by atoms with E-state index >= 15 is 0 Å². The van der Waals surface area contributed by atoms with E-state index in [0.29, 0.717) is 41.9 Å². The number of hydrogen-bond donors (Lipinski definition) is 1. The number of aromatic nitrogens is 1. The molecule has 1 aliphatic heterocycles. The highest BCUT2D eigenvalue weighted by molar-refractivity contribution is 7.91. The molecule has 3 aromatic rings. The first kappa shape index (κ1) is 23.0. The van der Waals surface area contributed by atoms with Crippen molar-refractivity contribution in [2.24, 2.45) is 0 Å². The van der Waals surface area contributed by atoms with Gasteiger partial charge in [0.25, 0.3) is 15.9 Å². The normalized spacial score (nSPS) is 15.0. The molecule has 0 unspecified atom stereocenters. The minimum atomic E-state index is -3.60. The van der Waals surface area contributed by atoms with E-state index in [1.54, 1.807) is 42.5 Å². The van der Waals surface area contributed by atoms with Crippen molar-refractivity contribution in [2.45, 2.75) is 10.8 Å². The van der Waals surface area contributed by atoms with Crippen molar-refractivity contribution in [3.63, 3.8) is 0 Å². The molecule has 1 amide bonds. The van der Waals surface area contributed by atoms with Crippen LogP contribution in [0, 0.1) is 0 Å². The number of pyridine rings is 1. The average molecular weight is 511 g/mol. The average Bonchev–Trinajstić information content (AvgIpc) is 3.28. The van der Waals surface area contributed by atoms with Crippen LogP contribution < -0.4 is 10.2 Å². The van der Waals surface area contributed by atoms with Crippen LogP contribution in [-0.4, -0.2) is 49.8 Å². The van der Waals surface area contributed by atoms with Crippen LogP contribution in [0.3, 0.4) is 0 Å². The van der Waals surface area contributed by atoms with Gasteiger partial charge in [-0.3, -0.25) is 4.79 Å². The lowest BCUT2D eigenvalue weighted by Gasteiger charge is -2.34. The Kier molecular flexibility index (Phi) is 7.02. The molecule has 32 heavy (non-hydrogen) atoms. The molecule has 1 N–H and O–H groups in total. The Morgan fingerprint density at radius 2 is 1.72 bits per heavy atom. The van der Waals surface area contributed by atoms with Crippen molar-refractivity contribution >= 4 is 56.3 Å². The molecule has 0 spiro atoms. The maximum atomic E-state index is 13.1. The minimum absolute atomic E-state index is 0.245. The second-order valence-electron chi connectivity index (χ2n) is 7.12. The summed E-state index contributed by atoms with van der Waals surface area (Å²) in [5.41, 5.74) is 0.492. The van der Waals surface area contributed by atoms with Crippen molar-refractivity contribution in [1.82, 2.24) is 14.6 Å². The van der Waals surface area contributed by atoms with Crippen molar-refractivity contribution in [1.29, 1.82) is 0 Å². The molecule has 1 fully saturated rings. The Labute approximate surface area is 200 Å². The first-order chi connectivity index (χ1) is 15.3. The van der Waals surface area contributed by atoms with E-state index in [0.717, 1.165) is 22.0 Å². The Hall–Kier alpha value is -2.17. The predicted octanol–water partition coefficient (Wildman–Crippen LogP) is 3.89. The largest absolute Gasteiger partial charge is 0.354 e. The smallest absolute Gasteiger partial charge is 0.252 e.